The molecule has 112 valence electrons. The number of hydrogen-bond acceptors (Lipinski definition) is 4. The van der Waals surface area contributed by atoms with E-state index in [0.29, 0.717) is 0 Å². The maximum atomic E-state index is 12.0. The van der Waals surface area contributed by atoms with E-state index >= 15 is 0 Å². The Hall–Kier alpha value is -2.86. The Balaban J connectivity index is 2.44. The van der Waals surface area contributed by atoms with Gasteiger partial charge in [-0.2, -0.15) is 0 Å². The molecule has 2 rings (SSSR count). The van der Waals surface area contributed by atoms with Crippen molar-refractivity contribution in [1.29, 1.82) is 0 Å². The van der Waals surface area contributed by atoms with Gasteiger partial charge in [-0.25, -0.2) is 14.4 Å². The number of carboxylic acid groups (broad SMARTS) is 2. The first-order valence-corrected chi connectivity index (χ1v) is 6.36. The minimum Gasteiger partial charge on any atom is -0.478 e. The highest BCUT2D eigenvalue weighted by Crippen LogP contribution is 2.25. The summed E-state index contributed by atoms with van der Waals surface area (Å²) in [6, 6.07) is 9.66. The number of rotatable bonds is 4. The van der Waals surface area contributed by atoms with Crippen LogP contribution in [0.4, 0.5) is 0 Å². The average molecular weight is 321 g/mol. The molecular formula is C15H9ClO6. The van der Waals surface area contributed by atoms with E-state index in [0.717, 1.165) is 6.07 Å². The lowest BCUT2D eigenvalue weighted by molar-refractivity contribution is 0.0638. The normalized spacial score (nSPS) is 10.0. The fourth-order valence-electron chi connectivity index (χ4n) is 1.80. The molecule has 0 bridgehead atoms. The molecular weight excluding hydrogens is 312 g/mol. The number of carboxylic acids is 2. The Morgan fingerprint density at radius 1 is 0.864 bits per heavy atom. The van der Waals surface area contributed by atoms with Gasteiger partial charge in [0.1, 0.15) is 11.3 Å². The highest BCUT2D eigenvalue weighted by atomic mass is 35.5. The fourth-order valence-corrected chi connectivity index (χ4v) is 2.01. The van der Waals surface area contributed by atoms with Crippen molar-refractivity contribution in [3.63, 3.8) is 0 Å². The van der Waals surface area contributed by atoms with Gasteiger partial charge in [-0.1, -0.05) is 29.8 Å². The molecule has 2 aromatic carbocycles. The van der Waals surface area contributed by atoms with Crippen molar-refractivity contribution in [3.8, 4) is 5.75 Å². The molecule has 0 unspecified atom stereocenters. The van der Waals surface area contributed by atoms with Gasteiger partial charge in [-0.3, -0.25) is 0 Å². The minimum atomic E-state index is -1.51. The van der Waals surface area contributed by atoms with Crippen molar-refractivity contribution < 1.29 is 29.3 Å². The summed E-state index contributed by atoms with van der Waals surface area (Å²) in [4.78, 5) is 34.4. The molecule has 0 saturated carbocycles. The Labute approximate surface area is 129 Å². The summed E-state index contributed by atoms with van der Waals surface area (Å²) in [7, 11) is 0. The van der Waals surface area contributed by atoms with Gasteiger partial charge in [0.05, 0.1) is 16.1 Å². The molecule has 0 fully saturated rings. The summed E-state index contributed by atoms with van der Waals surface area (Å²) < 4.78 is 5.00. The lowest BCUT2D eigenvalue weighted by atomic mass is 10.1. The number of aromatic carboxylic acids is 2. The molecule has 2 aromatic rings. The largest absolute Gasteiger partial charge is 0.478 e. The van der Waals surface area contributed by atoms with Crippen LogP contribution in [0.15, 0.2) is 42.5 Å². The summed E-state index contributed by atoms with van der Waals surface area (Å²) in [5, 5.41) is 18.3. The van der Waals surface area contributed by atoms with E-state index in [1.807, 2.05) is 0 Å². The monoisotopic (exact) mass is 320 g/mol. The van der Waals surface area contributed by atoms with Crippen LogP contribution in [-0.4, -0.2) is 28.1 Å². The van der Waals surface area contributed by atoms with E-state index in [1.54, 1.807) is 12.1 Å². The molecule has 0 spiro atoms. The minimum absolute atomic E-state index is 0.0428. The predicted octanol–water partition coefficient (Wildman–Crippen LogP) is 2.96. The van der Waals surface area contributed by atoms with Gasteiger partial charge in [0.25, 0.3) is 0 Å². The summed E-state index contributed by atoms with van der Waals surface area (Å²) in [6.07, 6.45) is 0. The van der Waals surface area contributed by atoms with Crippen LogP contribution in [0.1, 0.15) is 31.1 Å². The van der Waals surface area contributed by atoms with Crippen LogP contribution in [0, 0.1) is 0 Å². The smallest absolute Gasteiger partial charge is 0.345 e. The molecule has 0 heterocycles. The first-order valence-electron chi connectivity index (χ1n) is 5.98. The van der Waals surface area contributed by atoms with Gasteiger partial charge in [-0.05, 0) is 24.3 Å². The van der Waals surface area contributed by atoms with E-state index in [9.17, 15) is 14.4 Å². The predicted molar refractivity (Wildman–Crippen MR) is 76.8 cm³/mol. The lowest BCUT2D eigenvalue weighted by Gasteiger charge is -2.10. The van der Waals surface area contributed by atoms with Gasteiger partial charge in [0, 0.05) is 0 Å². The summed E-state index contributed by atoms with van der Waals surface area (Å²) >= 11 is 5.86. The number of benzene rings is 2. The van der Waals surface area contributed by atoms with Crippen LogP contribution < -0.4 is 4.74 Å². The van der Waals surface area contributed by atoms with Crippen LogP contribution >= 0.6 is 11.6 Å². The highest BCUT2D eigenvalue weighted by molar-refractivity contribution is 6.33. The molecule has 2 N–H and O–H groups in total. The number of carbonyl (C=O) groups is 3. The van der Waals surface area contributed by atoms with E-state index in [2.05, 4.69) is 0 Å². The molecule has 0 aromatic heterocycles. The SMILES string of the molecule is O=C(Oc1cccc(C(=O)O)c1C(=O)O)c1ccccc1Cl. The van der Waals surface area contributed by atoms with Crippen molar-refractivity contribution in [2.45, 2.75) is 0 Å². The molecule has 0 saturated heterocycles. The zero-order chi connectivity index (χ0) is 16.3. The second kappa shape index (κ2) is 6.28. The summed E-state index contributed by atoms with van der Waals surface area (Å²) in [5.74, 6) is -4.19. The molecule has 0 radical (unpaired) electrons. The van der Waals surface area contributed by atoms with Crippen molar-refractivity contribution >= 4 is 29.5 Å². The Bertz CT molecular complexity index is 768. The Kier molecular flexibility index (Phi) is 4.43. The number of halogens is 1. The Morgan fingerprint density at radius 3 is 2.09 bits per heavy atom. The zero-order valence-electron chi connectivity index (χ0n) is 10.9. The molecule has 22 heavy (non-hydrogen) atoms. The van der Waals surface area contributed by atoms with E-state index < -0.39 is 29.0 Å². The number of hydrogen-bond donors (Lipinski definition) is 2. The number of carbonyl (C=O) groups excluding carboxylic acids is 1. The van der Waals surface area contributed by atoms with Gasteiger partial charge in [0.15, 0.2) is 0 Å². The van der Waals surface area contributed by atoms with Gasteiger partial charge in [-0.15, -0.1) is 0 Å². The van der Waals surface area contributed by atoms with Gasteiger partial charge in [0.2, 0.25) is 0 Å². The van der Waals surface area contributed by atoms with Crippen molar-refractivity contribution in [1.82, 2.24) is 0 Å². The third-order valence-electron chi connectivity index (χ3n) is 2.77. The van der Waals surface area contributed by atoms with Crippen LogP contribution in [0.5, 0.6) is 5.75 Å². The number of ether oxygens (including phenoxy) is 1. The number of esters is 1. The molecule has 0 aliphatic carbocycles. The quantitative estimate of drug-likeness (QED) is 0.663. The topological polar surface area (TPSA) is 101 Å². The van der Waals surface area contributed by atoms with Gasteiger partial charge >= 0.3 is 17.9 Å². The molecule has 0 amide bonds. The third kappa shape index (κ3) is 3.07. The van der Waals surface area contributed by atoms with Crippen LogP contribution in [0.25, 0.3) is 0 Å². The maximum absolute atomic E-state index is 12.0. The molecule has 0 atom stereocenters. The van der Waals surface area contributed by atoms with Crippen LogP contribution in [-0.2, 0) is 0 Å². The molecule has 7 heteroatoms. The van der Waals surface area contributed by atoms with Gasteiger partial charge < -0.3 is 14.9 Å². The lowest BCUT2D eigenvalue weighted by Crippen LogP contribution is -2.15. The summed E-state index contributed by atoms with van der Waals surface area (Å²) in [6.45, 7) is 0. The molecule has 0 aliphatic heterocycles. The van der Waals surface area contributed by atoms with Crippen molar-refractivity contribution in [2.75, 3.05) is 0 Å². The molecule has 6 nitrogen and oxygen atoms in total. The molecule has 0 aliphatic rings. The zero-order valence-corrected chi connectivity index (χ0v) is 11.7. The first-order chi connectivity index (χ1) is 10.4. The van der Waals surface area contributed by atoms with E-state index in [1.165, 1.54) is 24.3 Å². The second-order valence-electron chi connectivity index (χ2n) is 4.16. The maximum Gasteiger partial charge on any atom is 0.345 e. The first kappa shape index (κ1) is 15.5. The fraction of sp³-hybridized carbons (Fsp3) is 0. The third-order valence-corrected chi connectivity index (χ3v) is 3.10. The Morgan fingerprint density at radius 2 is 1.50 bits per heavy atom. The van der Waals surface area contributed by atoms with E-state index in [-0.39, 0.29) is 16.3 Å². The average Bonchev–Trinajstić information content (AvgIpc) is 2.46. The van der Waals surface area contributed by atoms with Crippen molar-refractivity contribution in [3.05, 3.63) is 64.2 Å². The summed E-state index contributed by atoms with van der Waals surface area (Å²) in [5.41, 5.74) is -1.03. The van der Waals surface area contributed by atoms with Crippen LogP contribution in [0.3, 0.4) is 0 Å². The van der Waals surface area contributed by atoms with Crippen molar-refractivity contribution in [2.24, 2.45) is 0 Å². The highest BCUT2D eigenvalue weighted by Gasteiger charge is 2.23. The van der Waals surface area contributed by atoms with E-state index in [4.69, 9.17) is 26.6 Å². The standard InChI is InChI=1S/C15H9ClO6/c16-10-6-2-1-4-8(10)15(21)22-11-7-3-5-9(13(17)18)12(11)14(19)20/h1-7H,(H,17,18)(H,19,20). The second-order valence-corrected chi connectivity index (χ2v) is 4.57. The van der Waals surface area contributed by atoms with Crippen LogP contribution in [0.2, 0.25) is 5.02 Å².